The molecule has 29 heavy (non-hydrogen) atoms. The molecule has 0 saturated carbocycles. The molecule has 2 aliphatic rings. The van der Waals surface area contributed by atoms with Gasteiger partial charge in [0.25, 0.3) is 0 Å². The molecular formula is C20H19N3O6. The van der Waals surface area contributed by atoms with Gasteiger partial charge in [0.1, 0.15) is 17.4 Å². The highest BCUT2D eigenvalue weighted by molar-refractivity contribution is 6.13. The van der Waals surface area contributed by atoms with Crippen LogP contribution in [0.5, 0.6) is 5.75 Å². The number of fused-ring (bicyclic) bond motifs is 2. The summed E-state index contributed by atoms with van der Waals surface area (Å²) in [6.45, 7) is 3.40. The van der Waals surface area contributed by atoms with Crippen molar-refractivity contribution in [2.75, 3.05) is 13.2 Å². The monoisotopic (exact) mass is 397 g/mol. The first-order valence-corrected chi connectivity index (χ1v) is 8.97. The molecule has 3 rings (SSSR count). The number of ether oxygens (including phenoxy) is 3. The third kappa shape index (κ3) is 2.99. The van der Waals surface area contributed by atoms with Gasteiger partial charge in [-0.1, -0.05) is 18.2 Å². The molecule has 1 atom stereocenters. The van der Waals surface area contributed by atoms with Crippen LogP contribution in [0, 0.1) is 11.3 Å². The summed E-state index contributed by atoms with van der Waals surface area (Å²) in [4.78, 5) is 38.3. The maximum absolute atomic E-state index is 13.3. The van der Waals surface area contributed by atoms with Gasteiger partial charge >= 0.3 is 11.9 Å². The zero-order valence-electron chi connectivity index (χ0n) is 15.9. The second kappa shape index (κ2) is 7.67. The molecule has 0 radical (unpaired) electrons. The number of nitrogens with two attached hydrogens (primary N) is 1. The third-order valence-electron chi connectivity index (χ3n) is 4.63. The van der Waals surface area contributed by atoms with Gasteiger partial charge in [-0.3, -0.25) is 9.59 Å². The molecule has 9 heteroatoms. The average molecular weight is 397 g/mol. The molecule has 0 aromatic heterocycles. The fraction of sp³-hybridized carbons (Fsp3) is 0.300. The van der Waals surface area contributed by atoms with Crippen LogP contribution in [0.4, 0.5) is 0 Å². The number of amides is 1. The minimum absolute atomic E-state index is 0.00385. The van der Waals surface area contributed by atoms with Gasteiger partial charge in [-0.05, 0) is 19.9 Å². The van der Waals surface area contributed by atoms with Gasteiger partial charge in [0, 0.05) is 11.3 Å². The smallest absolute Gasteiger partial charge is 0.337 e. The molecule has 0 bridgehead atoms. The summed E-state index contributed by atoms with van der Waals surface area (Å²) in [6.07, 6.45) is -0.378. The summed E-state index contributed by atoms with van der Waals surface area (Å²) in [5.74, 6) is -2.27. The topological polar surface area (TPSA) is 141 Å². The number of nitrogens with zero attached hydrogens (tertiary/aromatic N) is 1. The number of carbonyl (C=O) groups is 3. The summed E-state index contributed by atoms with van der Waals surface area (Å²) in [6, 6.07) is 8.32. The van der Waals surface area contributed by atoms with Crippen molar-refractivity contribution in [2.45, 2.75) is 25.7 Å². The molecule has 1 amide bonds. The van der Waals surface area contributed by atoms with Crippen LogP contribution in [-0.2, 0) is 29.3 Å². The van der Waals surface area contributed by atoms with Crippen LogP contribution in [0.25, 0.3) is 0 Å². The lowest BCUT2D eigenvalue weighted by Crippen LogP contribution is -2.46. The van der Waals surface area contributed by atoms with Crippen molar-refractivity contribution in [3.05, 3.63) is 52.6 Å². The maximum atomic E-state index is 13.3. The lowest BCUT2D eigenvalue weighted by Gasteiger charge is -2.34. The molecule has 1 spiro atoms. The second-order valence-electron chi connectivity index (χ2n) is 6.21. The predicted octanol–water partition coefficient (Wildman–Crippen LogP) is 0.911. The Hall–Kier alpha value is -3.80. The van der Waals surface area contributed by atoms with Gasteiger partial charge < -0.3 is 25.3 Å². The minimum atomic E-state index is -1.89. The number of para-hydroxylation sites is 1. The summed E-state index contributed by atoms with van der Waals surface area (Å²) in [7, 11) is 0. The molecule has 1 unspecified atom stereocenters. The SMILES string of the molecule is CCOC(=O)CC1=C(C(=O)OCC)C2(C(=O)N1)C(C#N)=C(N)Oc1ccccc12. The summed E-state index contributed by atoms with van der Waals surface area (Å²) in [5.41, 5.74) is 3.88. The Morgan fingerprint density at radius 2 is 1.93 bits per heavy atom. The summed E-state index contributed by atoms with van der Waals surface area (Å²) < 4.78 is 15.6. The van der Waals surface area contributed by atoms with E-state index in [4.69, 9.17) is 19.9 Å². The minimum Gasteiger partial charge on any atom is -0.466 e. The molecule has 9 nitrogen and oxygen atoms in total. The highest BCUT2D eigenvalue weighted by Gasteiger charge is 2.60. The molecular weight excluding hydrogens is 378 g/mol. The zero-order chi connectivity index (χ0) is 21.2. The summed E-state index contributed by atoms with van der Waals surface area (Å²) in [5, 5.41) is 12.4. The normalized spacial score (nSPS) is 20.0. The van der Waals surface area contributed by atoms with Crippen molar-refractivity contribution < 1.29 is 28.6 Å². The van der Waals surface area contributed by atoms with E-state index < -0.39 is 23.3 Å². The standard InChI is InChI=1S/C20H19N3O6/c1-3-27-15(24)9-13-16(18(25)28-4-2)20(19(26)23-13)11-7-5-6-8-14(11)29-17(22)12(20)10-21/h5-8H,3-4,9,22H2,1-2H3,(H,23,26). The van der Waals surface area contributed by atoms with Crippen molar-refractivity contribution >= 4 is 17.8 Å². The Kier molecular flexibility index (Phi) is 5.28. The Labute approximate surface area is 166 Å². The first kappa shape index (κ1) is 19.9. The highest BCUT2D eigenvalue weighted by Crippen LogP contribution is 2.51. The molecule has 0 saturated heterocycles. The number of nitriles is 1. The van der Waals surface area contributed by atoms with Gasteiger partial charge in [0.15, 0.2) is 5.41 Å². The van der Waals surface area contributed by atoms with Crippen molar-refractivity contribution in [2.24, 2.45) is 5.73 Å². The second-order valence-corrected chi connectivity index (χ2v) is 6.21. The van der Waals surface area contributed by atoms with E-state index in [0.29, 0.717) is 0 Å². The summed E-state index contributed by atoms with van der Waals surface area (Å²) >= 11 is 0. The van der Waals surface area contributed by atoms with Gasteiger partial charge in [0.2, 0.25) is 11.8 Å². The lowest BCUT2D eigenvalue weighted by molar-refractivity contribution is -0.142. The Bertz CT molecular complexity index is 1000. The number of nitrogens with one attached hydrogen (secondary N) is 1. The van der Waals surface area contributed by atoms with Crippen LogP contribution in [0.3, 0.4) is 0 Å². The molecule has 2 aliphatic heterocycles. The molecule has 1 aromatic carbocycles. The number of carbonyl (C=O) groups excluding carboxylic acids is 3. The van der Waals surface area contributed by atoms with E-state index in [0.717, 1.165) is 0 Å². The highest BCUT2D eigenvalue weighted by atomic mass is 16.5. The van der Waals surface area contributed by atoms with E-state index in [9.17, 15) is 19.6 Å². The van der Waals surface area contributed by atoms with Gasteiger partial charge in [-0.25, -0.2) is 4.79 Å². The fourth-order valence-corrected chi connectivity index (χ4v) is 3.59. The van der Waals surface area contributed by atoms with Crippen LogP contribution >= 0.6 is 0 Å². The van der Waals surface area contributed by atoms with Crippen LogP contribution in [-0.4, -0.2) is 31.1 Å². The molecule has 2 heterocycles. The van der Waals surface area contributed by atoms with Crippen LogP contribution in [0.1, 0.15) is 25.8 Å². The van der Waals surface area contributed by atoms with E-state index in [1.54, 1.807) is 38.1 Å². The van der Waals surface area contributed by atoms with E-state index in [2.05, 4.69) is 5.32 Å². The first-order chi connectivity index (χ1) is 13.9. The van der Waals surface area contributed by atoms with Crippen molar-refractivity contribution in [3.63, 3.8) is 0 Å². The maximum Gasteiger partial charge on any atom is 0.337 e. The van der Waals surface area contributed by atoms with Gasteiger partial charge in [-0.15, -0.1) is 0 Å². The number of benzene rings is 1. The van der Waals surface area contributed by atoms with E-state index in [1.165, 1.54) is 0 Å². The molecule has 150 valence electrons. The van der Waals surface area contributed by atoms with Crippen LogP contribution in [0.15, 0.2) is 47.0 Å². The predicted molar refractivity (Wildman–Crippen MR) is 98.6 cm³/mol. The van der Waals surface area contributed by atoms with E-state index in [1.807, 2.05) is 6.07 Å². The number of hydrogen-bond donors (Lipinski definition) is 2. The Morgan fingerprint density at radius 3 is 2.59 bits per heavy atom. The van der Waals surface area contributed by atoms with Crippen LogP contribution < -0.4 is 15.8 Å². The molecule has 3 N–H and O–H groups in total. The quantitative estimate of drug-likeness (QED) is 0.699. The largest absolute Gasteiger partial charge is 0.466 e. The number of esters is 2. The molecule has 1 aromatic rings. The van der Waals surface area contributed by atoms with Gasteiger partial charge in [-0.2, -0.15) is 5.26 Å². The van der Waals surface area contributed by atoms with E-state index >= 15 is 0 Å². The molecule has 0 aliphatic carbocycles. The van der Waals surface area contributed by atoms with Gasteiger partial charge in [0.05, 0.1) is 25.2 Å². The van der Waals surface area contributed by atoms with E-state index in [-0.39, 0.29) is 53.7 Å². The van der Waals surface area contributed by atoms with Crippen LogP contribution in [0.2, 0.25) is 0 Å². The first-order valence-electron chi connectivity index (χ1n) is 8.97. The van der Waals surface area contributed by atoms with Crippen molar-refractivity contribution in [1.82, 2.24) is 5.32 Å². The lowest BCUT2D eigenvalue weighted by atomic mass is 9.68. The third-order valence-corrected chi connectivity index (χ3v) is 4.63. The molecule has 0 fully saturated rings. The van der Waals surface area contributed by atoms with Crippen molar-refractivity contribution in [1.29, 1.82) is 5.26 Å². The number of hydrogen-bond acceptors (Lipinski definition) is 8. The van der Waals surface area contributed by atoms with Crippen molar-refractivity contribution in [3.8, 4) is 11.8 Å². The Balaban J connectivity index is 2.33. The fourth-order valence-electron chi connectivity index (χ4n) is 3.59. The number of rotatable bonds is 5. The zero-order valence-corrected chi connectivity index (χ0v) is 15.9. The average Bonchev–Trinajstić information content (AvgIpc) is 2.94. The Morgan fingerprint density at radius 1 is 1.24 bits per heavy atom.